The highest BCUT2D eigenvalue weighted by molar-refractivity contribution is 7.99. The zero-order chi connectivity index (χ0) is 18.8. The fourth-order valence-electron chi connectivity index (χ4n) is 2.16. The van der Waals surface area contributed by atoms with Gasteiger partial charge in [0.15, 0.2) is 0 Å². The quantitative estimate of drug-likeness (QED) is 0.555. The van der Waals surface area contributed by atoms with E-state index in [-0.39, 0.29) is 18.4 Å². The molecule has 134 valence electrons. The SMILES string of the molecule is C#CCNC(=O)c1ccccc1NC(=O)CCSc1ccc(OC)cc1. The Balaban J connectivity index is 1.87. The minimum atomic E-state index is -0.313. The van der Waals surface area contributed by atoms with Crippen molar-refractivity contribution in [3.63, 3.8) is 0 Å². The van der Waals surface area contributed by atoms with Gasteiger partial charge < -0.3 is 15.4 Å². The average molecular weight is 368 g/mol. The van der Waals surface area contributed by atoms with Gasteiger partial charge in [-0.2, -0.15) is 0 Å². The maximum atomic E-state index is 12.2. The van der Waals surface area contributed by atoms with Crippen molar-refractivity contribution in [2.45, 2.75) is 11.3 Å². The summed E-state index contributed by atoms with van der Waals surface area (Å²) in [5, 5.41) is 5.38. The highest BCUT2D eigenvalue weighted by Gasteiger charge is 2.12. The lowest BCUT2D eigenvalue weighted by atomic mass is 10.1. The van der Waals surface area contributed by atoms with E-state index >= 15 is 0 Å². The molecule has 0 atom stereocenters. The van der Waals surface area contributed by atoms with Gasteiger partial charge in [0.25, 0.3) is 5.91 Å². The van der Waals surface area contributed by atoms with E-state index in [4.69, 9.17) is 11.2 Å². The molecule has 0 aromatic heterocycles. The van der Waals surface area contributed by atoms with Gasteiger partial charge in [-0.15, -0.1) is 18.2 Å². The third-order valence-corrected chi connectivity index (χ3v) is 4.47. The summed E-state index contributed by atoms with van der Waals surface area (Å²) in [4.78, 5) is 25.3. The largest absolute Gasteiger partial charge is 0.497 e. The zero-order valence-corrected chi connectivity index (χ0v) is 15.3. The van der Waals surface area contributed by atoms with E-state index in [1.165, 1.54) is 0 Å². The van der Waals surface area contributed by atoms with E-state index in [0.29, 0.717) is 23.4 Å². The molecule has 0 bridgehead atoms. The second-order valence-corrected chi connectivity index (χ2v) is 6.42. The van der Waals surface area contributed by atoms with Crippen LogP contribution in [0.15, 0.2) is 53.4 Å². The van der Waals surface area contributed by atoms with Crippen molar-refractivity contribution in [3.05, 3.63) is 54.1 Å². The predicted octanol–water partition coefficient (Wildman–Crippen LogP) is 3.18. The maximum Gasteiger partial charge on any atom is 0.254 e. The highest BCUT2D eigenvalue weighted by Crippen LogP contribution is 2.22. The second kappa shape index (κ2) is 10.2. The second-order valence-electron chi connectivity index (χ2n) is 5.25. The van der Waals surface area contributed by atoms with E-state index in [1.807, 2.05) is 24.3 Å². The van der Waals surface area contributed by atoms with Crippen molar-refractivity contribution in [1.82, 2.24) is 5.32 Å². The number of carbonyl (C=O) groups excluding carboxylic acids is 2. The first kappa shape index (κ1) is 19.4. The molecule has 0 spiro atoms. The van der Waals surface area contributed by atoms with Crippen LogP contribution in [-0.2, 0) is 4.79 Å². The Morgan fingerprint density at radius 3 is 2.58 bits per heavy atom. The molecule has 0 fully saturated rings. The van der Waals surface area contributed by atoms with Gasteiger partial charge in [0.05, 0.1) is 24.9 Å². The van der Waals surface area contributed by atoms with Gasteiger partial charge in [0.2, 0.25) is 5.91 Å². The molecule has 2 aromatic rings. The van der Waals surface area contributed by atoms with E-state index in [0.717, 1.165) is 10.6 Å². The van der Waals surface area contributed by atoms with Gasteiger partial charge in [-0.1, -0.05) is 18.1 Å². The number of hydrogen-bond acceptors (Lipinski definition) is 4. The summed E-state index contributed by atoms with van der Waals surface area (Å²) >= 11 is 1.58. The Labute approximate surface area is 157 Å². The van der Waals surface area contributed by atoms with Crippen LogP contribution in [0.4, 0.5) is 5.69 Å². The molecule has 0 saturated heterocycles. The van der Waals surface area contributed by atoms with E-state index in [1.54, 1.807) is 43.1 Å². The molecule has 0 aliphatic carbocycles. The molecule has 0 unspecified atom stereocenters. The van der Waals surface area contributed by atoms with Crippen LogP contribution in [0.3, 0.4) is 0 Å². The van der Waals surface area contributed by atoms with Gasteiger partial charge in [-0.05, 0) is 36.4 Å². The minimum absolute atomic E-state index is 0.139. The normalized spacial score (nSPS) is 9.85. The Morgan fingerprint density at radius 1 is 1.15 bits per heavy atom. The molecule has 0 aliphatic rings. The monoisotopic (exact) mass is 368 g/mol. The van der Waals surface area contributed by atoms with Gasteiger partial charge in [-0.25, -0.2) is 0 Å². The van der Waals surface area contributed by atoms with Crippen LogP contribution >= 0.6 is 11.8 Å². The molecule has 0 saturated carbocycles. The molecule has 26 heavy (non-hydrogen) atoms. The van der Waals surface area contributed by atoms with Crippen molar-refractivity contribution in [2.24, 2.45) is 0 Å². The number of hydrogen-bond donors (Lipinski definition) is 2. The van der Waals surface area contributed by atoms with E-state index in [2.05, 4.69) is 16.6 Å². The molecule has 5 nitrogen and oxygen atoms in total. The standard InChI is InChI=1S/C20H20N2O3S/c1-3-13-21-20(24)17-6-4-5-7-18(17)22-19(23)12-14-26-16-10-8-15(25-2)9-11-16/h1,4-11H,12-14H2,2H3,(H,21,24)(H,22,23). The molecular weight excluding hydrogens is 348 g/mol. The lowest BCUT2D eigenvalue weighted by molar-refractivity contribution is -0.115. The summed E-state index contributed by atoms with van der Waals surface area (Å²) in [5.74, 6) is 3.31. The third kappa shape index (κ3) is 5.87. The molecule has 2 amide bonds. The van der Waals surface area contributed by atoms with E-state index < -0.39 is 0 Å². The lowest BCUT2D eigenvalue weighted by Gasteiger charge is -2.10. The highest BCUT2D eigenvalue weighted by atomic mass is 32.2. The summed E-state index contributed by atoms with van der Waals surface area (Å²) in [6, 6.07) is 14.5. The van der Waals surface area contributed by atoms with Gasteiger partial charge >= 0.3 is 0 Å². The third-order valence-electron chi connectivity index (χ3n) is 3.45. The number of rotatable bonds is 8. The van der Waals surface area contributed by atoms with Gasteiger partial charge in [-0.3, -0.25) is 9.59 Å². The summed E-state index contributed by atoms with van der Waals surface area (Å²) in [6.07, 6.45) is 5.48. The molecule has 6 heteroatoms. The van der Waals surface area contributed by atoms with Crippen LogP contribution in [0.25, 0.3) is 0 Å². The Kier molecular flexibility index (Phi) is 7.59. The Hall–Kier alpha value is -2.91. The molecule has 0 heterocycles. The number of terminal acetylenes is 1. The predicted molar refractivity (Wildman–Crippen MR) is 105 cm³/mol. The van der Waals surface area contributed by atoms with Crippen LogP contribution < -0.4 is 15.4 Å². The van der Waals surface area contributed by atoms with Crippen molar-refractivity contribution in [1.29, 1.82) is 0 Å². The molecule has 2 N–H and O–H groups in total. The zero-order valence-electron chi connectivity index (χ0n) is 14.5. The Morgan fingerprint density at radius 2 is 1.88 bits per heavy atom. The summed E-state index contributed by atoms with van der Waals surface area (Å²) in [7, 11) is 1.62. The van der Waals surface area contributed by atoms with Crippen molar-refractivity contribution < 1.29 is 14.3 Å². The number of methoxy groups -OCH3 is 1. The number of carbonyl (C=O) groups is 2. The van der Waals surface area contributed by atoms with Crippen LogP contribution in [0.1, 0.15) is 16.8 Å². The summed E-state index contributed by atoms with van der Waals surface area (Å²) in [6.45, 7) is 0.139. The topological polar surface area (TPSA) is 67.4 Å². The fraction of sp³-hybridized carbons (Fsp3) is 0.200. The minimum Gasteiger partial charge on any atom is -0.497 e. The van der Waals surface area contributed by atoms with Crippen molar-refractivity contribution >= 4 is 29.3 Å². The molecule has 2 rings (SSSR count). The van der Waals surface area contributed by atoms with Gasteiger partial charge in [0, 0.05) is 17.1 Å². The first-order valence-corrected chi connectivity index (χ1v) is 9.00. The van der Waals surface area contributed by atoms with Gasteiger partial charge in [0.1, 0.15) is 5.75 Å². The van der Waals surface area contributed by atoms with E-state index in [9.17, 15) is 9.59 Å². The lowest BCUT2D eigenvalue weighted by Crippen LogP contribution is -2.25. The van der Waals surface area contributed by atoms with Crippen LogP contribution in [0, 0.1) is 12.3 Å². The van der Waals surface area contributed by atoms with Crippen LogP contribution in [0.5, 0.6) is 5.75 Å². The van der Waals surface area contributed by atoms with Crippen molar-refractivity contribution in [2.75, 3.05) is 24.7 Å². The van der Waals surface area contributed by atoms with Crippen molar-refractivity contribution in [3.8, 4) is 18.1 Å². The summed E-state index contributed by atoms with van der Waals surface area (Å²) in [5.41, 5.74) is 0.861. The number of para-hydroxylation sites is 1. The number of thioether (sulfide) groups is 1. The molecule has 0 aliphatic heterocycles. The number of anilines is 1. The number of ether oxygens (including phenoxy) is 1. The summed E-state index contributed by atoms with van der Waals surface area (Å²) < 4.78 is 5.12. The van der Waals surface area contributed by atoms with Crippen LogP contribution in [-0.4, -0.2) is 31.2 Å². The maximum absolute atomic E-state index is 12.2. The Bertz CT molecular complexity index is 797. The number of amides is 2. The molecular formula is C20H20N2O3S. The molecule has 2 aromatic carbocycles. The first-order valence-electron chi connectivity index (χ1n) is 8.01. The number of benzene rings is 2. The average Bonchev–Trinajstić information content (AvgIpc) is 2.67. The molecule has 0 radical (unpaired) electrons. The fourth-order valence-corrected chi connectivity index (χ4v) is 3.01. The smallest absolute Gasteiger partial charge is 0.254 e. The van der Waals surface area contributed by atoms with Crippen LogP contribution in [0.2, 0.25) is 0 Å². The number of nitrogens with one attached hydrogen (secondary N) is 2. The first-order chi connectivity index (χ1) is 12.6.